The van der Waals surface area contributed by atoms with E-state index in [0.717, 1.165) is 18.5 Å². The van der Waals surface area contributed by atoms with Crippen molar-refractivity contribution >= 4 is 0 Å². The maximum absolute atomic E-state index is 14.0. The van der Waals surface area contributed by atoms with Crippen molar-refractivity contribution in [2.75, 3.05) is 13.6 Å². The Bertz CT molecular complexity index is 557. The van der Waals surface area contributed by atoms with Crippen LogP contribution in [0.5, 0.6) is 0 Å². The zero-order valence-electron chi connectivity index (χ0n) is 12.4. The van der Waals surface area contributed by atoms with Gasteiger partial charge in [0.15, 0.2) is 0 Å². The molecule has 0 saturated heterocycles. The fourth-order valence-electron chi connectivity index (χ4n) is 2.82. The van der Waals surface area contributed by atoms with Crippen LogP contribution in [0.25, 0.3) is 0 Å². The first kappa shape index (κ1) is 14.7. The second-order valence-corrected chi connectivity index (χ2v) is 5.48. The van der Waals surface area contributed by atoms with E-state index < -0.39 is 0 Å². The molecule has 0 bridgehead atoms. The predicted molar refractivity (Wildman–Crippen MR) is 82.7 cm³/mol. The Hall–Kier alpha value is -1.67. The van der Waals surface area contributed by atoms with Gasteiger partial charge in [-0.2, -0.15) is 0 Å². The number of rotatable bonds is 5. The van der Waals surface area contributed by atoms with Gasteiger partial charge in [0.2, 0.25) is 0 Å². The van der Waals surface area contributed by atoms with Crippen LogP contribution in [0.15, 0.2) is 42.5 Å². The zero-order valence-corrected chi connectivity index (χ0v) is 12.4. The van der Waals surface area contributed by atoms with E-state index >= 15 is 0 Å². The number of hydrogen-bond donors (Lipinski definition) is 1. The van der Waals surface area contributed by atoms with Crippen molar-refractivity contribution in [2.24, 2.45) is 0 Å². The van der Waals surface area contributed by atoms with E-state index in [4.69, 9.17) is 0 Å². The highest BCUT2D eigenvalue weighted by Gasteiger charge is 2.15. The van der Waals surface area contributed by atoms with Crippen molar-refractivity contribution in [3.05, 3.63) is 70.5 Å². The normalized spacial score (nSPS) is 12.4. The number of aryl methyl sites for hydroxylation is 2. The minimum Gasteiger partial charge on any atom is -0.319 e. The Labute approximate surface area is 120 Å². The van der Waals surface area contributed by atoms with Crippen LogP contribution >= 0.6 is 0 Å². The highest BCUT2D eigenvalue weighted by atomic mass is 19.1. The van der Waals surface area contributed by atoms with Gasteiger partial charge in [-0.25, -0.2) is 4.39 Å². The number of benzene rings is 2. The van der Waals surface area contributed by atoms with Gasteiger partial charge in [0, 0.05) is 12.5 Å². The molecule has 2 aromatic carbocycles. The van der Waals surface area contributed by atoms with Gasteiger partial charge in [-0.3, -0.25) is 0 Å². The number of likely N-dealkylation sites (N-methyl/N-ethyl adjacent to an activating group) is 1. The molecule has 106 valence electrons. The Kier molecular flexibility index (Phi) is 4.91. The van der Waals surface area contributed by atoms with Gasteiger partial charge < -0.3 is 5.32 Å². The van der Waals surface area contributed by atoms with Gasteiger partial charge in [0.05, 0.1) is 0 Å². The standard InChI is InChI=1S/C18H22FN/c1-13-8-14(2)10-15(9-13)11-16(12-20-3)17-6-4-5-7-18(17)19/h4-10,16,20H,11-12H2,1-3H3. The van der Waals surface area contributed by atoms with Gasteiger partial charge in [0.1, 0.15) is 5.82 Å². The van der Waals surface area contributed by atoms with Crippen molar-refractivity contribution in [1.29, 1.82) is 0 Å². The van der Waals surface area contributed by atoms with Gasteiger partial charge in [-0.1, -0.05) is 47.5 Å². The maximum Gasteiger partial charge on any atom is 0.126 e. The molecule has 1 nitrogen and oxygen atoms in total. The second kappa shape index (κ2) is 6.67. The maximum atomic E-state index is 14.0. The topological polar surface area (TPSA) is 12.0 Å². The number of nitrogens with one attached hydrogen (secondary N) is 1. The van der Waals surface area contributed by atoms with E-state index in [1.165, 1.54) is 16.7 Å². The molecule has 0 saturated carbocycles. The fraction of sp³-hybridized carbons (Fsp3) is 0.333. The smallest absolute Gasteiger partial charge is 0.126 e. The molecule has 0 fully saturated rings. The molecule has 0 radical (unpaired) electrons. The van der Waals surface area contributed by atoms with Gasteiger partial charge in [-0.15, -0.1) is 0 Å². The molecule has 1 unspecified atom stereocenters. The van der Waals surface area contributed by atoms with Crippen LogP contribution in [0.2, 0.25) is 0 Å². The predicted octanol–water partition coefficient (Wildman–Crippen LogP) is 3.99. The van der Waals surface area contributed by atoms with Crippen molar-refractivity contribution < 1.29 is 4.39 Å². The Morgan fingerprint density at radius 2 is 1.70 bits per heavy atom. The molecular weight excluding hydrogens is 249 g/mol. The Morgan fingerprint density at radius 3 is 2.30 bits per heavy atom. The summed E-state index contributed by atoms with van der Waals surface area (Å²) in [4.78, 5) is 0. The zero-order chi connectivity index (χ0) is 14.5. The third-order valence-electron chi connectivity index (χ3n) is 3.56. The Balaban J connectivity index is 2.28. The van der Waals surface area contributed by atoms with Gasteiger partial charge in [-0.05, 0) is 44.5 Å². The van der Waals surface area contributed by atoms with Crippen LogP contribution in [0, 0.1) is 19.7 Å². The molecule has 0 aliphatic rings. The van der Waals surface area contributed by atoms with E-state index in [0.29, 0.717) is 0 Å². The van der Waals surface area contributed by atoms with Crippen molar-refractivity contribution in [1.82, 2.24) is 5.32 Å². The molecule has 0 amide bonds. The Morgan fingerprint density at radius 1 is 1.05 bits per heavy atom. The van der Waals surface area contributed by atoms with Crippen molar-refractivity contribution in [3.63, 3.8) is 0 Å². The lowest BCUT2D eigenvalue weighted by atomic mass is 9.90. The molecule has 1 atom stereocenters. The third-order valence-corrected chi connectivity index (χ3v) is 3.56. The largest absolute Gasteiger partial charge is 0.319 e. The number of halogens is 1. The summed E-state index contributed by atoms with van der Waals surface area (Å²) in [6.07, 6.45) is 0.851. The third kappa shape index (κ3) is 3.67. The van der Waals surface area contributed by atoms with Crippen molar-refractivity contribution in [2.45, 2.75) is 26.2 Å². The molecule has 2 rings (SSSR count). The van der Waals surface area contributed by atoms with Crippen LogP contribution in [0.1, 0.15) is 28.2 Å². The summed E-state index contributed by atoms with van der Waals surface area (Å²) < 4.78 is 14.0. The summed E-state index contributed by atoms with van der Waals surface area (Å²) in [5.41, 5.74) is 4.58. The summed E-state index contributed by atoms with van der Waals surface area (Å²) in [7, 11) is 1.91. The summed E-state index contributed by atoms with van der Waals surface area (Å²) in [5.74, 6) is 0.0412. The molecule has 0 aliphatic heterocycles. The molecule has 0 aromatic heterocycles. The van der Waals surface area contributed by atoms with Gasteiger partial charge in [0.25, 0.3) is 0 Å². The average molecular weight is 271 g/mol. The molecule has 0 spiro atoms. The monoisotopic (exact) mass is 271 g/mol. The minimum atomic E-state index is -0.114. The van der Waals surface area contributed by atoms with Crippen LogP contribution in [0.3, 0.4) is 0 Å². The van der Waals surface area contributed by atoms with E-state index in [2.05, 4.69) is 37.4 Å². The van der Waals surface area contributed by atoms with Crippen LogP contribution in [0.4, 0.5) is 4.39 Å². The molecule has 1 N–H and O–H groups in total. The average Bonchev–Trinajstić information content (AvgIpc) is 2.37. The summed E-state index contributed by atoms with van der Waals surface area (Å²) in [6, 6.07) is 13.6. The fourth-order valence-corrected chi connectivity index (χ4v) is 2.82. The minimum absolute atomic E-state index is 0.114. The quantitative estimate of drug-likeness (QED) is 0.867. The summed E-state index contributed by atoms with van der Waals surface area (Å²) >= 11 is 0. The summed E-state index contributed by atoms with van der Waals surface area (Å²) in [5, 5.41) is 3.18. The van der Waals surface area contributed by atoms with Crippen LogP contribution in [-0.2, 0) is 6.42 Å². The highest BCUT2D eigenvalue weighted by Crippen LogP contribution is 2.24. The first-order valence-corrected chi connectivity index (χ1v) is 7.06. The van der Waals surface area contributed by atoms with Crippen LogP contribution < -0.4 is 5.32 Å². The van der Waals surface area contributed by atoms with E-state index in [1.807, 2.05) is 19.2 Å². The first-order chi connectivity index (χ1) is 9.60. The molecule has 2 aromatic rings. The molecular formula is C18H22FN. The molecule has 0 aliphatic carbocycles. The van der Waals surface area contributed by atoms with E-state index in [9.17, 15) is 4.39 Å². The second-order valence-electron chi connectivity index (χ2n) is 5.48. The lowest BCUT2D eigenvalue weighted by Gasteiger charge is -2.18. The first-order valence-electron chi connectivity index (χ1n) is 7.06. The van der Waals surface area contributed by atoms with E-state index in [1.54, 1.807) is 12.1 Å². The lowest BCUT2D eigenvalue weighted by molar-refractivity contribution is 0.556. The van der Waals surface area contributed by atoms with Crippen LogP contribution in [-0.4, -0.2) is 13.6 Å². The SMILES string of the molecule is CNCC(Cc1cc(C)cc(C)c1)c1ccccc1F. The number of hydrogen-bond acceptors (Lipinski definition) is 1. The van der Waals surface area contributed by atoms with Gasteiger partial charge >= 0.3 is 0 Å². The molecule has 2 heteroatoms. The highest BCUT2D eigenvalue weighted by molar-refractivity contribution is 5.31. The molecule has 20 heavy (non-hydrogen) atoms. The summed E-state index contributed by atoms with van der Waals surface area (Å²) in [6.45, 7) is 4.98. The lowest BCUT2D eigenvalue weighted by Crippen LogP contribution is -2.20. The molecule has 0 heterocycles. The van der Waals surface area contributed by atoms with Crippen molar-refractivity contribution in [3.8, 4) is 0 Å². The van der Waals surface area contributed by atoms with E-state index in [-0.39, 0.29) is 11.7 Å².